The fraction of sp³-hybridized carbons (Fsp3) is 0.500. The maximum absolute atomic E-state index is 11.7. The fourth-order valence-corrected chi connectivity index (χ4v) is 3.08. The molecule has 1 aromatic heterocycles. The van der Waals surface area contributed by atoms with E-state index >= 15 is 0 Å². The van der Waals surface area contributed by atoms with Crippen LogP contribution in [0, 0.1) is 10.1 Å². The first kappa shape index (κ1) is 17.9. The number of nitrogens with zero attached hydrogens (tertiary/aromatic N) is 1. The van der Waals surface area contributed by atoms with Gasteiger partial charge in [0.1, 0.15) is 4.88 Å². The maximum atomic E-state index is 11.7. The Hall–Kier alpha value is -2.49. The lowest BCUT2D eigenvalue weighted by molar-refractivity contribution is -0.380. The number of ether oxygens (including phenoxy) is 1. The van der Waals surface area contributed by atoms with Gasteiger partial charge in [0.2, 0.25) is 0 Å². The van der Waals surface area contributed by atoms with E-state index in [-0.39, 0.29) is 15.9 Å². The molecule has 2 rings (SSSR count). The van der Waals surface area contributed by atoms with Crippen molar-refractivity contribution in [3.63, 3.8) is 0 Å². The van der Waals surface area contributed by atoms with Crippen molar-refractivity contribution >= 4 is 34.2 Å². The van der Waals surface area contributed by atoms with Gasteiger partial charge in [-0.05, 0) is 18.9 Å². The smallest absolute Gasteiger partial charge is 0.349 e. The Kier molecular flexibility index (Phi) is 6.24. The lowest BCUT2D eigenvalue weighted by Gasteiger charge is -2.22. The molecule has 0 atom stereocenters. The molecule has 0 spiro atoms. The van der Waals surface area contributed by atoms with Crippen molar-refractivity contribution in [3.05, 3.63) is 27.1 Å². The molecule has 130 valence electrons. The van der Waals surface area contributed by atoms with Crippen molar-refractivity contribution < 1.29 is 24.0 Å². The van der Waals surface area contributed by atoms with Gasteiger partial charge in [0, 0.05) is 12.1 Å². The van der Waals surface area contributed by atoms with Crippen molar-refractivity contribution in [3.8, 4) is 0 Å². The fourth-order valence-electron chi connectivity index (χ4n) is 2.37. The third-order valence-electron chi connectivity index (χ3n) is 3.50. The van der Waals surface area contributed by atoms with Gasteiger partial charge in [-0.15, -0.1) is 0 Å². The van der Waals surface area contributed by atoms with Crippen LogP contribution in [0.25, 0.3) is 0 Å². The summed E-state index contributed by atoms with van der Waals surface area (Å²) in [7, 11) is 0. The highest BCUT2D eigenvalue weighted by molar-refractivity contribution is 7.17. The average molecular weight is 355 g/mol. The van der Waals surface area contributed by atoms with Crippen molar-refractivity contribution in [1.82, 2.24) is 10.6 Å². The van der Waals surface area contributed by atoms with Crippen LogP contribution in [0.1, 0.15) is 41.8 Å². The quantitative estimate of drug-likeness (QED) is 0.472. The number of imide groups is 1. The van der Waals surface area contributed by atoms with Crippen LogP contribution in [0.3, 0.4) is 0 Å². The topological polar surface area (TPSA) is 128 Å². The summed E-state index contributed by atoms with van der Waals surface area (Å²) in [4.78, 5) is 44.9. The summed E-state index contributed by atoms with van der Waals surface area (Å²) in [6.45, 7) is -0.636. The lowest BCUT2D eigenvalue weighted by Crippen LogP contribution is -2.46. The van der Waals surface area contributed by atoms with E-state index in [2.05, 4.69) is 10.6 Å². The molecular weight excluding hydrogens is 338 g/mol. The zero-order valence-corrected chi connectivity index (χ0v) is 13.6. The molecule has 0 unspecified atom stereocenters. The summed E-state index contributed by atoms with van der Waals surface area (Å²) >= 11 is 0.653. The van der Waals surface area contributed by atoms with Crippen LogP contribution in [0.5, 0.6) is 0 Å². The molecule has 0 radical (unpaired) electrons. The van der Waals surface area contributed by atoms with Crippen LogP contribution in [0.15, 0.2) is 12.1 Å². The maximum Gasteiger partial charge on any atom is 0.349 e. The SMILES string of the molecule is O=C(COC(=O)c1ccc([N+](=O)[O-])s1)NC(=O)NC1CCCCC1. The number of hydrogen-bond donors (Lipinski definition) is 2. The second-order valence-electron chi connectivity index (χ2n) is 5.33. The minimum atomic E-state index is -0.851. The average Bonchev–Trinajstić information content (AvgIpc) is 3.03. The Morgan fingerprint density at radius 2 is 1.96 bits per heavy atom. The highest BCUT2D eigenvalue weighted by Crippen LogP contribution is 2.24. The Bertz CT molecular complexity index is 638. The van der Waals surface area contributed by atoms with Gasteiger partial charge < -0.3 is 10.1 Å². The third kappa shape index (κ3) is 5.30. The number of esters is 1. The molecule has 1 aliphatic carbocycles. The van der Waals surface area contributed by atoms with E-state index in [1.807, 2.05) is 0 Å². The standard InChI is InChI=1S/C14H17N3O6S/c18-11(16-14(20)15-9-4-2-1-3-5-9)8-23-13(19)10-6-7-12(24-10)17(21)22/h6-7,9H,1-5,8H2,(H2,15,16,18,20). The van der Waals surface area contributed by atoms with Crippen LogP contribution in [-0.4, -0.2) is 35.5 Å². The van der Waals surface area contributed by atoms with Gasteiger partial charge in [0.05, 0.1) is 4.92 Å². The zero-order valence-electron chi connectivity index (χ0n) is 12.8. The summed E-state index contributed by atoms with van der Waals surface area (Å²) in [5.41, 5.74) is 0. The van der Waals surface area contributed by atoms with Crippen LogP contribution in [0.2, 0.25) is 0 Å². The molecule has 9 nitrogen and oxygen atoms in total. The van der Waals surface area contributed by atoms with Gasteiger partial charge in [-0.1, -0.05) is 30.6 Å². The molecule has 0 saturated heterocycles. The number of nitro groups is 1. The van der Waals surface area contributed by atoms with Crippen molar-refractivity contribution in [1.29, 1.82) is 0 Å². The molecule has 0 bridgehead atoms. The van der Waals surface area contributed by atoms with Crippen LogP contribution in [0.4, 0.5) is 9.80 Å². The number of thiophene rings is 1. The summed E-state index contributed by atoms with van der Waals surface area (Å²) in [6.07, 6.45) is 5.00. The molecular formula is C14H17N3O6S. The Morgan fingerprint density at radius 1 is 1.25 bits per heavy atom. The Morgan fingerprint density at radius 3 is 2.58 bits per heavy atom. The largest absolute Gasteiger partial charge is 0.451 e. The number of urea groups is 1. The molecule has 0 aliphatic heterocycles. The van der Waals surface area contributed by atoms with E-state index in [1.165, 1.54) is 12.1 Å². The molecule has 3 amide bonds. The normalized spacial score (nSPS) is 14.7. The number of nitrogens with one attached hydrogen (secondary N) is 2. The van der Waals surface area contributed by atoms with E-state index in [9.17, 15) is 24.5 Å². The molecule has 24 heavy (non-hydrogen) atoms. The molecule has 2 N–H and O–H groups in total. The van der Waals surface area contributed by atoms with Gasteiger partial charge >= 0.3 is 17.0 Å². The van der Waals surface area contributed by atoms with Gasteiger partial charge in [-0.3, -0.25) is 20.2 Å². The van der Waals surface area contributed by atoms with Crippen molar-refractivity contribution in [2.45, 2.75) is 38.1 Å². The van der Waals surface area contributed by atoms with E-state index in [0.717, 1.165) is 32.1 Å². The molecule has 1 heterocycles. The lowest BCUT2D eigenvalue weighted by atomic mass is 9.96. The van der Waals surface area contributed by atoms with Gasteiger partial charge in [0.25, 0.3) is 5.91 Å². The molecule has 10 heteroatoms. The summed E-state index contributed by atoms with van der Waals surface area (Å²) < 4.78 is 4.73. The second kappa shape index (κ2) is 8.39. The molecule has 0 aromatic carbocycles. The van der Waals surface area contributed by atoms with Gasteiger partial charge in [-0.2, -0.15) is 0 Å². The second-order valence-corrected chi connectivity index (χ2v) is 6.39. The van der Waals surface area contributed by atoms with Crippen LogP contribution in [-0.2, 0) is 9.53 Å². The predicted molar refractivity (Wildman–Crippen MR) is 84.8 cm³/mol. The highest BCUT2D eigenvalue weighted by atomic mass is 32.1. The number of amides is 3. The molecule has 1 aromatic rings. The number of hydrogen-bond acceptors (Lipinski definition) is 7. The Labute approximate surface area is 141 Å². The van der Waals surface area contributed by atoms with Gasteiger partial charge in [0.15, 0.2) is 6.61 Å². The van der Waals surface area contributed by atoms with Crippen LogP contribution < -0.4 is 10.6 Å². The van der Waals surface area contributed by atoms with E-state index < -0.39 is 29.4 Å². The molecule has 1 fully saturated rings. The minimum Gasteiger partial charge on any atom is -0.451 e. The van der Waals surface area contributed by atoms with Crippen LogP contribution >= 0.6 is 11.3 Å². The number of rotatable bonds is 5. The van der Waals surface area contributed by atoms with Gasteiger partial charge in [-0.25, -0.2) is 9.59 Å². The summed E-state index contributed by atoms with van der Waals surface area (Å²) in [5.74, 6) is -1.61. The summed E-state index contributed by atoms with van der Waals surface area (Å²) in [5, 5.41) is 15.1. The van der Waals surface area contributed by atoms with Crippen molar-refractivity contribution in [2.24, 2.45) is 0 Å². The zero-order chi connectivity index (χ0) is 17.5. The first-order chi connectivity index (χ1) is 11.5. The molecule has 1 aliphatic rings. The number of carbonyl (C=O) groups excluding carboxylic acids is 3. The molecule has 1 saturated carbocycles. The van der Waals surface area contributed by atoms with E-state index in [4.69, 9.17) is 4.74 Å². The van der Waals surface area contributed by atoms with E-state index in [0.29, 0.717) is 11.3 Å². The first-order valence-electron chi connectivity index (χ1n) is 7.47. The third-order valence-corrected chi connectivity index (χ3v) is 4.52. The highest BCUT2D eigenvalue weighted by Gasteiger charge is 2.19. The van der Waals surface area contributed by atoms with Crippen molar-refractivity contribution in [2.75, 3.05) is 6.61 Å². The Balaban J connectivity index is 1.72. The number of carbonyl (C=O) groups is 3. The van der Waals surface area contributed by atoms with E-state index in [1.54, 1.807) is 0 Å². The summed E-state index contributed by atoms with van der Waals surface area (Å²) in [6, 6.07) is 1.87. The predicted octanol–water partition coefficient (Wildman–Crippen LogP) is 1.97. The first-order valence-corrected chi connectivity index (χ1v) is 8.29. The minimum absolute atomic E-state index is 0.0150. The monoisotopic (exact) mass is 355 g/mol.